The molecule has 0 atom stereocenters. The van der Waals surface area contributed by atoms with Crippen molar-refractivity contribution >= 4 is 17.6 Å². The highest BCUT2D eigenvalue weighted by molar-refractivity contribution is 6.32. The Kier molecular flexibility index (Phi) is 5.43. The molecule has 0 radical (unpaired) electrons. The molecule has 24 heavy (non-hydrogen) atoms. The number of hydrogen-bond donors (Lipinski definition) is 1. The van der Waals surface area contributed by atoms with E-state index >= 15 is 0 Å². The number of ether oxygens (including phenoxy) is 3. The van der Waals surface area contributed by atoms with Gasteiger partial charge in [-0.1, -0.05) is 11.6 Å². The summed E-state index contributed by atoms with van der Waals surface area (Å²) in [6, 6.07) is 3.78. The quantitative estimate of drug-likeness (QED) is 0.840. The smallest absolute Gasteiger partial charge is 0.317 e. The van der Waals surface area contributed by atoms with Crippen molar-refractivity contribution in [3.63, 3.8) is 0 Å². The summed E-state index contributed by atoms with van der Waals surface area (Å²) in [7, 11) is 0. The molecule has 0 aliphatic carbocycles. The fourth-order valence-electron chi connectivity index (χ4n) is 2.86. The SMILES string of the molecule is O=C(NCCOc1ccc(F)cc1Cl)N1CCC2(CC1)OCCO2. The van der Waals surface area contributed by atoms with Crippen LogP contribution in [0.25, 0.3) is 0 Å². The van der Waals surface area contributed by atoms with Gasteiger partial charge < -0.3 is 24.4 Å². The summed E-state index contributed by atoms with van der Waals surface area (Å²) < 4.78 is 29.6. The van der Waals surface area contributed by atoms with Crippen LogP contribution in [0.3, 0.4) is 0 Å². The molecule has 0 saturated carbocycles. The summed E-state index contributed by atoms with van der Waals surface area (Å²) in [6.07, 6.45) is 1.37. The van der Waals surface area contributed by atoms with Crippen molar-refractivity contribution in [2.75, 3.05) is 39.5 Å². The first-order valence-electron chi connectivity index (χ1n) is 7.97. The molecule has 0 unspecified atom stereocenters. The van der Waals surface area contributed by atoms with E-state index in [1.807, 2.05) is 0 Å². The van der Waals surface area contributed by atoms with Crippen molar-refractivity contribution in [1.29, 1.82) is 0 Å². The second-order valence-electron chi connectivity index (χ2n) is 5.75. The van der Waals surface area contributed by atoms with Gasteiger partial charge in [-0.15, -0.1) is 0 Å². The Morgan fingerprint density at radius 1 is 1.33 bits per heavy atom. The maximum absolute atomic E-state index is 12.9. The van der Waals surface area contributed by atoms with Gasteiger partial charge in [0.1, 0.15) is 18.2 Å². The molecule has 2 heterocycles. The van der Waals surface area contributed by atoms with E-state index in [-0.39, 0.29) is 17.7 Å². The third-order valence-corrected chi connectivity index (χ3v) is 4.45. The topological polar surface area (TPSA) is 60.0 Å². The van der Waals surface area contributed by atoms with Gasteiger partial charge in [-0.2, -0.15) is 0 Å². The summed E-state index contributed by atoms with van der Waals surface area (Å²) in [5.74, 6) is -0.513. The van der Waals surface area contributed by atoms with E-state index in [0.29, 0.717) is 51.4 Å². The van der Waals surface area contributed by atoms with E-state index in [1.165, 1.54) is 18.2 Å². The third-order valence-electron chi connectivity index (χ3n) is 4.16. The van der Waals surface area contributed by atoms with Crippen LogP contribution in [0, 0.1) is 5.82 Å². The van der Waals surface area contributed by atoms with Gasteiger partial charge in [0.2, 0.25) is 0 Å². The number of rotatable bonds is 4. The first-order chi connectivity index (χ1) is 11.6. The number of nitrogens with zero attached hydrogens (tertiary/aromatic N) is 1. The number of likely N-dealkylation sites (tertiary alicyclic amines) is 1. The van der Waals surface area contributed by atoms with E-state index < -0.39 is 11.6 Å². The Labute approximate surface area is 144 Å². The molecule has 3 rings (SSSR count). The fourth-order valence-corrected chi connectivity index (χ4v) is 3.08. The Morgan fingerprint density at radius 2 is 2.04 bits per heavy atom. The summed E-state index contributed by atoms with van der Waals surface area (Å²) in [4.78, 5) is 13.9. The minimum atomic E-state index is -0.487. The molecule has 8 heteroatoms. The van der Waals surface area contributed by atoms with Crippen molar-refractivity contribution in [2.45, 2.75) is 18.6 Å². The summed E-state index contributed by atoms with van der Waals surface area (Å²) in [5, 5.41) is 3.00. The van der Waals surface area contributed by atoms with Crippen LogP contribution in [0.5, 0.6) is 5.75 Å². The molecule has 2 saturated heterocycles. The standard InChI is InChI=1S/C16H20ClFN2O4/c17-13-11-12(18)1-2-14(13)22-8-5-19-15(21)20-6-3-16(4-7-20)23-9-10-24-16/h1-2,11H,3-10H2,(H,19,21). The molecular weight excluding hydrogens is 339 g/mol. The van der Waals surface area contributed by atoms with Crippen LogP contribution in [0.1, 0.15) is 12.8 Å². The third kappa shape index (κ3) is 4.09. The van der Waals surface area contributed by atoms with Crippen molar-refractivity contribution < 1.29 is 23.4 Å². The molecule has 2 aliphatic rings. The van der Waals surface area contributed by atoms with E-state index in [1.54, 1.807) is 4.90 Å². The van der Waals surface area contributed by atoms with Crippen molar-refractivity contribution in [3.8, 4) is 5.75 Å². The molecule has 2 amide bonds. The average molecular weight is 359 g/mol. The van der Waals surface area contributed by atoms with Crippen LogP contribution in [0.4, 0.5) is 9.18 Å². The lowest BCUT2D eigenvalue weighted by atomic mass is 10.0. The number of piperidine rings is 1. The number of benzene rings is 1. The number of carbonyl (C=O) groups is 1. The highest BCUT2D eigenvalue weighted by Crippen LogP contribution is 2.31. The van der Waals surface area contributed by atoms with E-state index in [4.69, 9.17) is 25.8 Å². The highest BCUT2D eigenvalue weighted by atomic mass is 35.5. The van der Waals surface area contributed by atoms with Gasteiger partial charge >= 0.3 is 6.03 Å². The molecule has 1 aromatic rings. The Bertz CT molecular complexity index is 585. The number of hydrogen-bond acceptors (Lipinski definition) is 4. The maximum atomic E-state index is 12.9. The Balaban J connectivity index is 1.37. The lowest BCUT2D eigenvalue weighted by Crippen LogP contribution is -2.50. The predicted octanol–water partition coefficient (Wildman–Crippen LogP) is 2.41. The molecule has 1 spiro atoms. The number of amides is 2. The Morgan fingerprint density at radius 3 is 2.71 bits per heavy atom. The predicted molar refractivity (Wildman–Crippen MR) is 85.7 cm³/mol. The van der Waals surface area contributed by atoms with Gasteiger partial charge in [-0.25, -0.2) is 9.18 Å². The number of halogens is 2. The molecule has 2 fully saturated rings. The monoisotopic (exact) mass is 358 g/mol. The van der Waals surface area contributed by atoms with Gasteiger partial charge in [0, 0.05) is 25.9 Å². The van der Waals surface area contributed by atoms with Gasteiger partial charge in [-0.05, 0) is 18.2 Å². The van der Waals surface area contributed by atoms with Crippen LogP contribution in [0.2, 0.25) is 5.02 Å². The molecule has 132 valence electrons. The second-order valence-corrected chi connectivity index (χ2v) is 6.16. The zero-order chi connectivity index (χ0) is 17.0. The van der Waals surface area contributed by atoms with Crippen LogP contribution < -0.4 is 10.1 Å². The lowest BCUT2D eigenvalue weighted by Gasteiger charge is -2.37. The van der Waals surface area contributed by atoms with Gasteiger partial charge in [0.05, 0.1) is 24.8 Å². The zero-order valence-electron chi connectivity index (χ0n) is 13.2. The molecule has 0 aromatic heterocycles. The number of nitrogens with one attached hydrogen (secondary N) is 1. The molecule has 1 N–H and O–H groups in total. The zero-order valence-corrected chi connectivity index (χ0v) is 14.0. The lowest BCUT2D eigenvalue weighted by molar-refractivity contribution is -0.181. The molecule has 6 nitrogen and oxygen atoms in total. The number of urea groups is 1. The Hall–Kier alpha value is -1.57. The first-order valence-corrected chi connectivity index (χ1v) is 8.34. The van der Waals surface area contributed by atoms with Gasteiger partial charge in [-0.3, -0.25) is 0 Å². The van der Waals surface area contributed by atoms with E-state index in [9.17, 15) is 9.18 Å². The molecule has 2 aliphatic heterocycles. The minimum absolute atomic E-state index is 0.142. The van der Waals surface area contributed by atoms with Crippen molar-refractivity contribution in [3.05, 3.63) is 29.0 Å². The van der Waals surface area contributed by atoms with Crippen LogP contribution in [-0.4, -0.2) is 56.2 Å². The highest BCUT2D eigenvalue weighted by Gasteiger charge is 2.40. The van der Waals surface area contributed by atoms with E-state index in [0.717, 1.165) is 0 Å². The van der Waals surface area contributed by atoms with Crippen molar-refractivity contribution in [1.82, 2.24) is 10.2 Å². The van der Waals surface area contributed by atoms with Gasteiger partial charge in [0.15, 0.2) is 5.79 Å². The average Bonchev–Trinajstić information content (AvgIpc) is 3.02. The largest absolute Gasteiger partial charge is 0.490 e. The van der Waals surface area contributed by atoms with Crippen molar-refractivity contribution in [2.24, 2.45) is 0 Å². The van der Waals surface area contributed by atoms with Crippen LogP contribution in [0.15, 0.2) is 18.2 Å². The first kappa shape index (κ1) is 17.3. The summed E-state index contributed by atoms with van der Waals surface area (Å²) >= 11 is 5.87. The van der Waals surface area contributed by atoms with Crippen LogP contribution in [-0.2, 0) is 9.47 Å². The maximum Gasteiger partial charge on any atom is 0.317 e. The number of carbonyl (C=O) groups excluding carboxylic acids is 1. The van der Waals surface area contributed by atoms with E-state index in [2.05, 4.69) is 5.32 Å². The fraction of sp³-hybridized carbons (Fsp3) is 0.562. The molecular formula is C16H20ClFN2O4. The molecule has 0 bridgehead atoms. The molecule has 1 aromatic carbocycles. The van der Waals surface area contributed by atoms with Crippen LogP contribution >= 0.6 is 11.6 Å². The van der Waals surface area contributed by atoms with Gasteiger partial charge in [0.25, 0.3) is 0 Å². The summed E-state index contributed by atoms with van der Waals surface area (Å²) in [5.41, 5.74) is 0. The minimum Gasteiger partial charge on any atom is -0.490 e. The normalized spacial score (nSPS) is 19.5. The summed E-state index contributed by atoms with van der Waals surface area (Å²) in [6.45, 7) is 3.01. The second kappa shape index (κ2) is 7.55.